The summed E-state index contributed by atoms with van der Waals surface area (Å²) in [7, 11) is 0. The molecule has 4 rings (SSSR count). The summed E-state index contributed by atoms with van der Waals surface area (Å²) >= 11 is 0. The number of carbonyl (C=O) groups is 1. The van der Waals surface area contributed by atoms with Crippen molar-refractivity contribution in [2.45, 2.75) is 52.2 Å². The number of carbonyl (C=O) groups excluding carboxylic acids is 1. The molecule has 0 bridgehead atoms. The van der Waals surface area contributed by atoms with Gasteiger partial charge in [0.2, 0.25) is 0 Å². The van der Waals surface area contributed by atoms with E-state index >= 15 is 0 Å². The monoisotopic (exact) mass is 413 g/mol. The topological polar surface area (TPSA) is 87.0 Å². The average molecular weight is 413 g/mol. The number of rotatable bonds is 5. The van der Waals surface area contributed by atoms with Crippen LogP contribution in [0.1, 0.15) is 48.6 Å². The lowest BCUT2D eigenvalue weighted by Crippen LogP contribution is -2.47. The van der Waals surface area contributed by atoms with Crippen molar-refractivity contribution in [3.8, 4) is 11.1 Å². The molecule has 160 valence electrons. The van der Waals surface area contributed by atoms with Crippen molar-refractivity contribution in [1.29, 1.82) is 0 Å². The third kappa shape index (κ3) is 4.23. The van der Waals surface area contributed by atoms with Crippen LogP contribution in [0.4, 0.5) is 4.39 Å². The van der Waals surface area contributed by atoms with Gasteiger partial charge in [-0.25, -0.2) is 4.39 Å². The summed E-state index contributed by atoms with van der Waals surface area (Å²) in [6.07, 6.45) is 1.60. The molecular formula is C22H28FN5O2. The number of nitrogens with one attached hydrogen (secondary N) is 2. The molecule has 2 aromatic heterocycles. The van der Waals surface area contributed by atoms with Crippen molar-refractivity contribution in [1.82, 2.24) is 25.6 Å². The molecule has 0 saturated carbocycles. The number of fused-ring (bicyclic) bond motifs is 1. The number of hydrogen-bond donors (Lipinski definition) is 2. The van der Waals surface area contributed by atoms with Gasteiger partial charge in [0.05, 0.1) is 11.2 Å². The van der Waals surface area contributed by atoms with Gasteiger partial charge in [-0.05, 0) is 58.2 Å². The largest absolute Gasteiger partial charge is 0.361 e. The molecule has 1 aliphatic rings. The van der Waals surface area contributed by atoms with E-state index in [2.05, 4.69) is 25.6 Å². The molecule has 30 heavy (non-hydrogen) atoms. The average Bonchev–Trinajstić information content (AvgIpc) is 3.24. The third-order valence-corrected chi connectivity index (χ3v) is 5.62. The first-order chi connectivity index (χ1) is 14.2. The number of H-pyrrole nitrogens is 1. The third-order valence-electron chi connectivity index (χ3n) is 5.62. The molecule has 2 N–H and O–H groups in total. The Hall–Kier alpha value is -2.74. The van der Waals surface area contributed by atoms with E-state index in [-0.39, 0.29) is 11.9 Å². The maximum absolute atomic E-state index is 13.9. The molecule has 1 saturated heterocycles. The molecular weight excluding hydrogens is 385 g/mol. The van der Waals surface area contributed by atoms with Crippen LogP contribution in [0.25, 0.3) is 22.0 Å². The van der Waals surface area contributed by atoms with Crippen LogP contribution in [0.2, 0.25) is 0 Å². The Kier molecular flexibility index (Phi) is 5.36. The number of hydrogen-bond acceptors (Lipinski definition) is 5. The summed E-state index contributed by atoms with van der Waals surface area (Å²) in [6.45, 7) is 8.93. The number of likely N-dealkylation sites (tertiary alicyclic amines) is 1. The van der Waals surface area contributed by atoms with Gasteiger partial charge in [0.1, 0.15) is 11.4 Å². The van der Waals surface area contributed by atoms with E-state index in [1.54, 1.807) is 13.8 Å². The van der Waals surface area contributed by atoms with Crippen molar-refractivity contribution < 1.29 is 13.7 Å². The zero-order valence-corrected chi connectivity index (χ0v) is 17.9. The molecule has 0 radical (unpaired) electrons. The van der Waals surface area contributed by atoms with Crippen LogP contribution in [-0.4, -0.2) is 57.5 Å². The Morgan fingerprint density at radius 2 is 2.07 bits per heavy atom. The summed E-state index contributed by atoms with van der Waals surface area (Å²) in [6, 6.07) is 5.90. The predicted octanol–water partition coefficient (Wildman–Crippen LogP) is 3.78. The van der Waals surface area contributed by atoms with Crippen LogP contribution in [0.15, 0.2) is 22.7 Å². The van der Waals surface area contributed by atoms with Gasteiger partial charge >= 0.3 is 0 Å². The highest BCUT2D eigenvalue weighted by Crippen LogP contribution is 2.30. The van der Waals surface area contributed by atoms with Gasteiger partial charge in [-0.15, -0.1) is 0 Å². The summed E-state index contributed by atoms with van der Waals surface area (Å²) in [5.74, 6) is 0.547. The van der Waals surface area contributed by atoms with Gasteiger partial charge in [-0.3, -0.25) is 9.89 Å². The Bertz CT molecular complexity index is 1040. The lowest BCUT2D eigenvalue weighted by Gasteiger charge is -2.34. The second-order valence-corrected chi connectivity index (χ2v) is 8.77. The molecule has 0 aliphatic carbocycles. The molecule has 0 unspecified atom stereocenters. The highest BCUT2D eigenvalue weighted by atomic mass is 19.1. The molecule has 0 spiro atoms. The summed E-state index contributed by atoms with van der Waals surface area (Å²) in [5, 5.41) is 15.1. The Morgan fingerprint density at radius 1 is 1.33 bits per heavy atom. The molecule has 1 aromatic carbocycles. The van der Waals surface area contributed by atoms with Crippen molar-refractivity contribution >= 4 is 16.8 Å². The molecule has 1 fully saturated rings. The molecule has 1 amide bonds. The first-order valence-electron chi connectivity index (χ1n) is 10.3. The molecule has 3 aromatic rings. The predicted molar refractivity (Wildman–Crippen MR) is 113 cm³/mol. The van der Waals surface area contributed by atoms with Gasteiger partial charge in [0, 0.05) is 36.6 Å². The van der Waals surface area contributed by atoms with Crippen LogP contribution in [0.3, 0.4) is 0 Å². The lowest BCUT2D eigenvalue weighted by molar-refractivity contribution is 0.0844. The number of aromatic amines is 1. The van der Waals surface area contributed by atoms with Gasteiger partial charge < -0.3 is 14.7 Å². The fraction of sp³-hybridized carbons (Fsp3) is 0.500. The van der Waals surface area contributed by atoms with Gasteiger partial charge in [0.15, 0.2) is 5.69 Å². The molecule has 1 aliphatic heterocycles. The number of aromatic nitrogens is 3. The fourth-order valence-corrected chi connectivity index (χ4v) is 4.26. The van der Waals surface area contributed by atoms with Crippen molar-refractivity contribution in [2.75, 3.05) is 19.6 Å². The minimum atomic E-state index is -1.21. The van der Waals surface area contributed by atoms with E-state index in [0.29, 0.717) is 12.2 Å². The molecule has 7 nitrogen and oxygen atoms in total. The molecule has 0 atom stereocenters. The number of halogens is 1. The number of benzene rings is 1. The van der Waals surface area contributed by atoms with Gasteiger partial charge in [0.25, 0.3) is 5.91 Å². The van der Waals surface area contributed by atoms with E-state index in [4.69, 9.17) is 4.52 Å². The highest BCUT2D eigenvalue weighted by molar-refractivity contribution is 6.05. The minimum absolute atomic E-state index is 0.0639. The fourth-order valence-electron chi connectivity index (χ4n) is 4.26. The van der Waals surface area contributed by atoms with Crippen LogP contribution in [0.5, 0.6) is 0 Å². The lowest BCUT2D eigenvalue weighted by atomic mass is 10.0. The van der Waals surface area contributed by atoms with E-state index < -0.39 is 5.67 Å². The first-order valence-corrected chi connectivity index (χ1v) is 10.3. The standard InChI is InChI=1S/C22H28FN5O2/c1-13-19(14(2)30-27-13)15-5-6-18-17(11-15)20(26-25-18)21(29)24-16-7-9-28(10-8-16)12-22(3,4)23/h5-6,11,16H,7-10,12H2,1-4H3,(H,24,29)(H,25,26). The van der Waals surface area contributed by atoms with E-state index in [9.17, 15) is 9.18 Å². The number of piperidine rings is 1. The van der Waals surface area contributed by atoms with Crippen molar-refractivity contribution in [3.05, 3.63) is 35.3 Å². The number of amides is 1. The van der Waals surface area contributed by atoms with Gasteiger partial charge in [-0.1, -0.05) is 11.2 Å². The summed E-state index contributed by atoms with van der Waals surface area (Å²) in [4.78, 5) is 15.0. The van der Waals surface area contributed by atoms with Crippen LogP contribution < -0.4 is 5.32 Å². The Morgan fingerprint density at radius 3 is 2.70 bits per heavy atom. The number of alkyl halides is 1. The Balaban J connectivity index is 1.48. The van der Waals surface area contributed by atoms with Crippen molar-refractivity contribution in [2.24, 2.45) is 0 Å². The second-order valence-electron chi connectivity index (χ2n) is 8.77. The zero-order chi connectivity index (χ0) is 21.5. The molecule has 8 heteroatoms. The van der Waals surface area contributed by atoms with Crippen LogP contribution in [-0.2, 0) is 0 Å². The minimum Gasteiger partial charge on any atom is -0.361 e. The zero-order valence-electron chi connectivity index (χ0n) is 17.9. The normalized spacial score (nSPS) is 16.3. The van der Waals surface area contributed by atoms with Crippen LogP contribution >= 0.6 is 0 Å². The first kappa shape index (κ1) is 20.5. The van der Waals surface area contributed by atoms with E-state index in [1.807, 2.05) is 32.0 Å². The summed E-state index contributed by atoms with van der Waals surface area (Å²) in [5.41, 5.74) is 2.67. The van der Waals surface area contributed by atoms with E-state index in [1.165, 1.54) is 0 Å². The quantitative estimate of drug-likeness (QED) is 0.665. The summed E-state index contributed by atoms with van der Waals surface area (Å²) < 4.78 is 19.1. The number of aryl methyl sites for hydroxylation is 2. The smallest absolute Gasteiger partial charge is 0.272 e. The number of nitrogens with zero attached hydrogens (tertiary/aromatic N) is 3. The maximum Gasteiger partial charge on any atom is 0.272 e. The SMILES string of the molecule is Cc1noc(C)c1-c1ccc2[nH]nc(C(=O)NC3CCN(CC(C)(C)F)CC3)c2c1. The highest BCUT2D eigenvalue weighted by Gasteiger charge is 2.27. The molecule has 3 heterocycles. The Labute approximate surface area is 175 Å². The van der Waals surface area contributed by atoms with E-state index in [0.717, 1.165) is 59.4 Å². The maximum atomic E-state index is 13.9. The second kappa shape index (κ2) is 7.83. The van der Waals surface area contributed by atoms with Gasteiger partial charge in [-0.2, -0.15) is 5.10 Å². The van der Waals surface area contributed by atoms with Crippen molar-refractivity contribution in [3.63, 3.8) is 0 Å². The van der Waals surface area contributed by atoms with Crippen LogP contribution in [0, 0.1) is 13.8 Å².